The van der Waals surface area contributed by atoms with Crippen molar-refractivity contribution in [2.45, 2.75) is 24.8 Å². The number of fused-ring (bicyclic) bond motifs is 1. The lowest BCUT2D eigenvalue weighted by molar-refractivity contribution is -0.148. The molecule has 1 aromatic carbocycles. The van der Waals surface area contributed by atoms with Gasteiger partial charge in [-0.1, -0.05) is 25.1 Å². The molecule has 2 aliphatic heterocycles. The summed E-state index contributed by atoms with van der Waals surface area (Å²) in [7, 11) is 0. The van der Waals surface area contributed by atoms with Crippen LogP contribution in [0.15, 0.2) is 41.6 Å². The largest absolute Gasteiger partial charge is 0.477 e. The van der Waals surface area contributed by atoms with Gasteiger partial charge in [-0.05, 0) is 24.1 Å². The SMILES string of the molecule is CCC1=C(C(=O)O)N2C(=O)C(NC(=O)c3ccccc3)[C@@H]2SC1. The topological polar surface area (TPSA) is 86.7 Å². The Kier molecular flexibility index (Phi) is 4.12. The van der Waals surface area contributed by atoms with Crippen molar-refractivity contribution in [2.75, 3.05) is 5.75 Å². The van der Waals surface area contributed by atoms with Crippen molar-refractivity contribution in [3.05, 3.63) is 47.2 Å². The van der Waals surface area contributed by atoms with Crippen LogP contribution in [0.1, 0.15) is 23.7 Å². The third-order valence-electron chi connectivity index (χ3n) is 4.00. The molecule has 0 spiro atoms. The van der Waals surface area contributed by atoms with Crippen molar-refractivity contribution in [3.8, 4) is 0 Å². The molecule has 2 N–H and O–H groups in total. The molecule has 120 valence electrons. The second kappa shape index (κ2) is 6.08. The monoisotopic (exact) mass is 332 g/mol. The molecule has 0 aliphatic carbocycles. The van der Waals surface area contributed by atoms with E-state index < -0.39 is 12.0 Å². The average Bonchev–Trinajstić information content (AvgIpc) is 2.58. The fourth-order valence-electron chi connectivity index (χ4n) is 2.77. The highest BCUT2D eigenvalue weighted by molar-refractivity contribution is 8.00. The highest BCUT2D eigenvalue weighted by Crippen LogP contribution is 2.41. The van der Waals surface area contributed by atoms with E-state index in [4.69, 9.17) is 0 Å². The van der Waals surface area contributed by atoms with Gasteiger partial charge in [0.1, 0.15) is 17.1 Å². The molecular formula is C16H16N2O4S. The maximum Gasteiger partial charge on any atom is 0.352 e. The lowest BCUT2D eigenvalue weighted by Crippen LogP contribution is -2.70. The Balaban J connectivity index is 1.77. The third-order valence-corrected chi connectivity index (χ3v) is 5.34. The zero-order valence-corrected chi connectivity index (χ0v) is 13.3. The van der Waals surface area contributed by atoms with E-state index in [9.17, 15) is 19.5 Å². The molecule has 2 aliphatic rings. The third kappa shape index (κ3) is 2.61. The molecule has 2 atom stereocenters. The summed E-state index contributed by atoms with van der Waals surface area (Å²) in [6, 6.07) is 7.96. The second-order valence-corrected chi connectivity index (χ2v) is 6.44. The first kappa shape index (κ1) is 15.6. The molecule has 1 unspecified atom stereocenters. The van der Waals surface area contributed by atoms with Crippen molar-refractivity contribution in [3.63, 3.8) is 0 Å². The van der Waals surface area contributed by atoms with Crippen molar-refractivity contribution >= 4 is 29.5 Å². The van der Waals surface area contributed by atoms with Crippen LogP contribution in [-0.2, 0) is 9.59 Å². The lowest BCUT2D eigenvalue weighted by atomic mass is 10.0. The Labute approximate surface area is 137 Å². The summed E-state index contributed by atoms with van der Waals surface area (Å²) >= 11 is 1.49. The van der Waals surface area contributed by atoms with E-state index >= 15 is 0 Å². The van der Waals surface area contributed by atoms with Gasteiger partial charge in [-0.3, -0.25) is 14.5 Å². The van der Waals surface area contributed by atoms with Crippen LogP contribution in [0.3, 0.4) is 0 Å². The summed E-state index contributed by atoms with van der Waals surface area (Å²) in [5, 5.41) is 11.7. The van der Waals surface area contributed by atoms with E-state index in [0.29, 0.717) is 17.7 Å². The number of carbonyl (C=O) groups excluding carboxylic acids is 2. The molecule has 3 rings (SSSR count). The molecule has 0 saturated carbocycles. The Morgan fingerprint density at radius 3 is 2.65 bits per heavy atom. The van der Waals surface area contributed by atoms with Crippen molar-refractivity contribution in [1.29, 1.82) is 0 Å². The van der Waals surface area contributed by atoms with Gasteiger partial charge >= 0.3 is 5.97 Å². The minimum Gasteiger partial charge on any atom is -0.477 e. The number of carboxylic acid groups (broad SMARTS) is 1. The number of nitrogens with one attached hydrogen (secondary N) is 1. The number of hydrogen-bond acceptors (Lipinski definition) is 4. The quantitative estimate of drug-likeness (QED) is 0.815. The molecule has 0 radical (unpaired) electrons. The van der Waals surface area contributed by atoms with Crippen LogP contribution in [-0.4, -0.2) is 45.0 Å². The lowest BCUT2D eigenvalue weighted by Gasteiger charge is -2.49. The number of carbonyl (C=O) groups is 3. The van der Waals surface area contributed by atoms with Gasteiger partial charge in [0.05, 0.1) is 0 Å². The van der Waals surface area contributed by atoms with Crippen molar-refractivity contribution in [1.82, 2.24) is 10.2 Å². The van der Waals surface area contributed by atoms with Gasteiger partial charge in [0.25, 0.3) is 11.8 Å². The number of carboxylic acids is 1. The molecule has 0 bridgehead atoms. The van der Waals surface area contributed by atoms with E-state index in [2.05, 4.69) is 5.32 Å². The number of rotatable bonds is 4. The molecule has 7 heteroatoms. The van der Waals surface area contributed by atoms with Gasteiger partial charge in [0.15, 0.2) is 0 Å². The highest BCUT2D eigenvalue weighted by Gasteiger charge is 2.53. The minimum absolute atomic E-state index is 0.0754. The molecular weight excluding hydrogens is 316 g/mol. The van der Waals surface area contributed by atoms with E-state index in [1.807, 2.05) is 6.92 Å². The number of benzene rings is 1. The summed E-state index contributed by atoms with van der Waals surface area (Å²) < 4.78 is 0. The number of amides is 2. The Bertz CT molecular complexity index is 701. The Hall–Kier alpha value is -2.28. The molecule has 2 amide bonds. The number of β-lactam (4-membered cyclic amide) rings is 1. The van der Waals surface area contributed by atoms with Crippen molar-refractivity contribution < 1.29 is 19.5 Å². The first-order chi connectivity index (χ1) is 11.0. The van der Waals surface area contributed by atoms with E-state index in [1.54, 1.807) is 30.3 Å². The first-order valence-corrected chi connectivity index (χ1v) is 8.35. The zero-order valence-electron chi connectivity index (χ0n) is 12.5. The fraction of sp³-hybridized carbons (Fsp3) is 0.312. The number of nitrogens with zero attached hydrogens (tertiary/aromatic N) is 1. The van der Waals surface area contributed by atoms with Gasteiger partial charge in [0, 0.05) is 11.3 Å². The molecule has 0 aromatic heterocycles. The van der Waals surface area contributed by atoms with Gasteiger partial charge < -0.3 is 10.4 Å². The summed E-state index contributed by atoms with van der Waals surface area (Å²) in [5.74, 6) is -1.22. The fourth-order valence-corrected chi connectivity index (χ4v) is 4.22. The van der Waals surface area contributed by atoms with Crippen LogP contribution >= 0.6 is 11.8 Å². The van der Waals surface area contributed by atoms with E-state index in [-0.39, 0.29) is 22.9 Å². The summed E-state index contributed by atoms with van der Waals surface area (Å²) in [6.45, 7) is 1.87. The molecule has 1 aromatic rings. The highest BCUT2D eigenvalue weighted by atomic mass is 32.2. The van der Waals surface area contributed by atoms with Crippen LogP contribution in [0.4, 0.5) is 0 Å². The summed E-state index contributed by atoms with van der Waals surface area (Å²) in [6.07, 6.45) is 0.589. The molecule has 2 heterocycles. The molecule has 1 fully saturated rings. The van der Waals surface area contributed by atoms with E-state index in [1.165, 1.54) is 16.7 Å². The van der Waals surface area contributed by atoms with Crippen LogP contribution in [0.5, 0.6) is 0 Å². The van der Waals surface area contributed by atoms with Gasteiger partial charge in [-0.15, -0.1) is 11.8 Å². The molecule has 6 nitrogen and oxygen atoms in total. The van der Waals surface area contributed by atoms with Crippen LogP contribution in [0, 0.1) is 0 Å². The number of thioether (sulfide) groups is 1. The normalized spacial score (nSPS) is 23.2. The smallest absolute Gasteiger partial charge is 0.352 e. The minimum atomic E-state index is -1.09. The molecule has 23 heavy (non-hydrogen) atoms. The van der Waals surface area contributed by atoms with Crippen LogP contribution in [0.25, 0.3) is 0 Å². The average molecular weight is 332 g/mol. The summed E-state index contributed by atoms with van der Waals surface area (Å²) in [4.78, 5) is 37.3. The first-order valence-electron chi connectivity index (χ1n) is 7.30. The predicted molar refractivity (Wildman–Crippen MR) is 85.7 cm³/mol. The van der Waals surface area contributed by atoms with Gasteiger partial charge in [0.2, 0.25) is 0 Å². The number of hydrogen-bond donors (Lipinski definition) is 2. The number of aliphatic carboxylic acids is 1. The van der Waals surface area contributed by atoms with Crippen LogP contribution in [0.2, 0.25) is 0 Å². The maximum absolute atomic E-state index is 12.3. The van der Waals surface area contributed by atoms with Crippen molar-refractivity contribution in [2.24, 2.45) is 0 Å². The van der Waals surface area contributed by atoms with Gasteiger partial charge in [-0.2, -0.15) is 0 Å². The Morgan fingerprint density at radius 2 is 2.04 bits per heavy atom. The predicted octanol–water partition coefficient (Wildman–Crippen LogP) is 1.45. The Morgan fingerprint density at radius 1 is 1.35 bits per heavy atom. The maximum atomic E-state index is 12.3. The second-order valence-electron chi connectivity index (χ2n) is 5.34. The van der Waals surface area contributed by atoms with Crippen LogP contribution < -0.4 is 5.32 Å². The van der Waals surface area contributed by atoms with Gasteiger partial charge in [-0.25, -0.2) is 4.79 Å². The zero-order chi connectivity index (χ0) is 16.6. The molecule has 1 saturated heterocycles. The standard InChI is InChI=1S/C16H16N2O4S/c1-2-9-8-23-15-11(14(20)18(15)12(9)16(21)22)17-13(19)10-6-4-3-5-7-10/h3-7,11,15H,2,8H2,1H3,(H,17,19)(H,21,22)/t11?,15-/m0/s1. The van der Waals surface area contributed by atoms with E-state index in [0.717, 1.165) is 5.57 Å². The summed E-state index contributed by atoms with van der Waals surface area (Å²) in [5.41, 5.74) is 1.30.